The smallest absolute Gasteiger partial charge is 0.160 e. The molecular weight excluding hydrogens is 623 g/mol. The monoisotopic (exact) mass is 659 g/mol. The van der Waals surface area contributed by atoms with Crippen LogP contribution in [0.2, 0.25) is 0 Å². The number of hydrogen-bond acceptors (Lipinski definition) is 3. The number of amidine groups is 1. The molecule has 4 heteroatoms. The van der Waals surface area contributed by atoms with Gasteiger partial charge in [-0.3, -0.25) is 0 Å². The number of rotatable bonds is 8. The first-order chi connectivity index (χ1) is 25.1. The van der Waals surface area contributed by atoms with Gasteiger partial charge < -0.3 is 9.32 Å². The lowest BCUT2D eigenvalue weighted by Gasteiger charge is -2.27. The summed E-state index contributed by atoms with van der Waals surface area (Å²) in [6.07, 6.45) is 8.46. The van der Waals surface area contributed by atoms with Crippen molar-refractivity contribution in [1.82, 2.24) is 0 Å². The number of hydrogen-bond donors (Lipinski definition) is 0. The SMILES string of the molecule is C=C(/N=C(\N=C(/C)c1ccccc1)c1cc(N(c2ccccc2)c2ccc(-c3ccccc3)cc2)c2c(c1)oc1ccccc12)C1=CCCC=C1. The maximum absolute atomic E-state index is 6.62. The molecule has 1 heterocycles. The summed E-state index contributed by atoms with van der Waals surface area (Å²) in [6, 6.07) is 52.4. The molecule has 6 aromatic carbocycles. The topological polar surface area (TPSA) is 41.1 Å². The molecule has 0 unspecified atom stereocenters. The Morgan fingerprint density at radius 1 is 0.627 bits per heavy atom. The van der Waals surface area contributed by atoms with Crippen molar-refractivity contribution in [2.45, 2.75) is 19.8 Å². The van der Waals surface area contributed by atoms with E-state index in [1.807, 2.05) is 49.4 Å². The number of anilines is 3. The van der Waals surface area contributed by atoms with Gasteiger partial charge in [0.2, 0.25) is 0 Å². The van der Waals surface area contributed by atoms with E-state index in [2.05, 4.69) is 139 Å². The third-order valence-electron chi connectivity index (χ3n) is 9.24. The Bertz CT molecular complexity index is 2470. The third kappa shape index (κ3) is 6.60. The molecule has 0 spiro atoms. The molecule has 7 aromatic rings. The molecule has 8 rings (SSSR count). The van der Waals surface area contributed by atoms with Crippen LogP contribution in [0.4, 0.5) is 17.1 Å². The molecule has 0 aliphatic heterocycles. The maximum atomic E-state index is 6.62. The molecular formula is C47H37N3O. The molecule has 1 aliphatic carbocycles. The fourth-order valence-electron chi connectivity index (χ4n) is 6.65. The lowest BCUT2D eigenvalue weighted by molar-refractivity contribution is 0.669. The van der Waals surface area contributed by atoms with Gasteiger partial charge >= 0.3 is 0 Å². The van der Waals surface area contributed by atoms with E-state index in [4.69, 9.17) is 14.4 Å². The minimum absolute atomic E-state index is 0.567. The van der Waals surface area contributed by atoms with Crippen LogP contribution in [-0.2, 0) is 0 Å². The summed E-state index contributed by atoms with van der Waals surface area (Å²) in [7, 11) is 0. The molecule has 0 bridgehead atoms. The van der Waals surface area contributed by atoms with Crippen molar-refractivity contribution in [2.24, 2.45) is 9.98 Å². The summed E-state index contributed by atoms with van der Waals surface area (Å²) in [5, 5.41) is 2.06. The highest BCUT2D eigenvalue weighted by Gasteiger charge is 2.22. The second-order valence-corrected chi connectivity index (χ2v) is 12.6. The Morgan fingerprint density at radius 2 is 1.27 bits per heavy atom. The van der Waals surface area contributed by atoms with Gasteiger partial charge in [0.05, 0.1) is 16.8 Å². The van der Waals surface area contributed by atoms with E-state index in [1.54, 1.807) is 0 Å². The number of furan rings is 1. The van der Waals surface area contributed by atoms with Gasteiger partial charge in [0, 0.05) is 28.0 Å². The average Bonchev–Trinajstić information content (AvgIpc) is 3.58. The van der Waals surface area contributed by atoms with Crippen molar-refractivity contribution in [3.05, 3.63) is 199 Å². The van der Waals surface area contributed by atoms with Gasteiger partial charge in [0.1, 0.15) is 11.2 Å². The molecule has 1 aliphatic rings. The normalized spacial score (nSPS) is 13.4. The lowest BCUT2D eigenvalue weighted by atomic mass is 10.0. The van der Waals surface area contributed by atoms with E-state index in [0.717, 1.165) is 79.8 Å². The summed E-state index contributed by atoms with van der Waals surface area (Å²) >= 11 is 0. The summed E-state index contributed by atoms with van der Waals surface area (Å²) in [6.45, 7) is 6.42. The number of fused-ring (bicyclic) bond motifs is 3. The van der Waals surface area contributed by atoms with Crippen LogP contribution in [0.15, 0.2) is 202 Å². The second-order valence-electron chi connectivity index (χ2n) is 12.6. The molecule has 0 fully saturated rings. The second kappa shape index (κ2) is 14.1. The van der Waals surface area contributed by atoms with E-state index >= 15 is 0 Å². The van der Waals surface area contributed by atoms with E-state index in [1.165, 1.54) is 5.56 Å². The van der Waals surface area contributed by atoms with Crippen molar-refractivity contribution in [1.29, 1.82) is 0 Å². The van der Waals surface area contributed by atoms with Crippen molar-refractivity contribution in [3.8, 4) is 11.1 Å². The quantitative estimate of drug-likeness (QED) is 0.120. The zero-order valence-corrected chi connectivity index (χ0v) is 28.5. The molecule has 0 radical (unpaired) electrons. The van der Waals surface area contributed by atoms with Crippen LogP contribution in [0, 0.1) is 0 Å². The van der Waals surface area contributed by atoms with Gasteiger partial charge in [-0.2, -0.15) is 0 Å². The van der Waals surface area contributed by atoms with Gasteiger partial charge in [0.25, 0.3) is 0 Å². The highest BCUT2D eigenvalue weighted by atomic mass is 16.3. The van der Waals surface area contributed by atoms with Gasteiger partial charge in [-0.1, -0.05) is 134 Å². The van der Waals surface area contributed by atoms with E-state index < -0.39 is 0 Å². The molecule has 0 saturated heterocycles. The maximum Gasteiger partial charge on any atom is 0.160 e. The first-order valence-corrected chi connectivity index (χ1v) is 17.3. The zero-order chi connectivity index (χ0) is 34.6. The predicted octanol–water partition coefficient (Wildman–Crippen LogP) is 12.8. The van der Waals surface area contributed by atoms with Crippen LogP contribution in [0.25, 0.3) is 33.1 Å². The largest absolute Gasteiger partial charge is 0.456 e. The molecule has 0 atom stereocenters. The number of nitrogens with zero attached hydrogens (tertiary/aromatic N) is 3. The highest BCUT2D eigenvalue weighted by Crippen LogP contribution is 2.44. The summed E-state index contributed by atoms with van der Waals surface area (Å²) < 4.78 is 6.62. The fourth-order valence-corrected chi connectivity index (χ4v) is 6.65. The summed E-state index contributed by atoms with van der Waals surface area (Å²) in [5.41, 5.74) is 11.3. The average molecular weight is 660 g/mol. The standard InChI is InChI=1S/C47H37N3O/c1-33(35-17-7-3-8-18-35)48-47(49-34(2)36-19-9-4-10-20-36)39-31-43(46-42-25-15-16-26-44(42)51-45(46)32-39)50(40-23-13-6-14-24-40)41-29-27-38(28-30-41)37-21-11-5-12-22-37/h4-7,9-32H,1,3,8H2,2H3/b48-47-,49-34+. The molecule has 0 saturated carbocycles. The molecule has 4 nitrogen and oxygen atoms in total. The van der Waals surface area contributed by atoms with Gasteiger partial charge in [0.15, 0.2) is 5.84 Å². The number of para-hydroxylation sites is 2. The fraction of sp³-hybridized carbons (Fsp3) is 0.0638. The third-order valence-corrected chi connectivity index (χ3v) is 9.24. The number of benzene rings is 6. The van der Waals surface area contributed by atoms with E-state index in [0.29, 0.717) is 11.5 Å². The predicted molar refractivity (Wildman–Crippen MR) is 215 cm³/mol. The van der Waals surface area contributed by atoms with Crippen molar-refractivity contribution in [2.75, 3.05) is 4.90 Å². The zero-order valence-electron chi connectivity index (χ0n) is 28.5. The molecule has 51 heavy (non-hydrogen) atoms. The number of allylic oxidation sites excluding steroid dienone is 3. The van der Waals surface area contributed by atoms with Crippen LogP contribution in [0.5, 0.6) is 0 Å². The van der Waals surface area contributed by atoms with Crippen molar-refractivity contribution in [3.63, 3.8) is 0 Å². The molecule has 0 N–H and O–H groups in total. The Hall–Kier alpha value is -6.52. The first kappa shape index (κ1) is 31.7. The Kier molecular flexibility index (Phi) is 8.80. The minimum atomic E-state index is 0.567. The van der Waals surface area contributed by atoms with Crippen LogP contribution in [0.3, 0.4) is 0 Å². The molecule has 1 aromatic heterocycles. The van der Waals surface area contributed by atoms with Gasteiger partial charge in [-0.15, -0.1) is 0 Å². The van der Waals surface area contributed by atoms with Crippen LogP contribution < -0.4 is 4.90 Å². The Morgan fingerprint density at radius 3 is 2.00 bits per heavy atom. The first-order valence-electron chi connectivity index (χ1n) is 17.3. The van der Waals surface area contributed by atoms with E-state index in [9.17, 15) is 0 Å². The Balaban J connectivity index is 1.37. The van der Waals surface area contributed by atoms with Crippen LogP contribution in [-0.4, -0.2) is 11.5 Å². The highest BCUT2D eigenvalue weighted by molar-refractivity contribution is 6.18. The summed E-state index contributed by atoms with van der Waals surface area (Å²) in [4.78, 5) is 12.6. The van der Waals surface area contributed by atoms with Crippen molar-refractivity contribution < 1.29 is 4.42 Å². The Labute approximate surface area is 298 Å². The van der Waals surface area contributed by atoms with E-state index in [-0.39, 0.29) is 0 Å². The molecule has 0 amide bonds. The van der Waals surface area contributed by atoms with Gasteiger partial charge in [-0.25, -0.2) is 9.98 Å². The van der Waals surface area contributed by atoms with Crippen LogP contribution in [0.1, 0.15) is 30.9 Å². The minimum Gasteiger partial charge on any atom is -0.456 e. The lowest BCUT2D eigenvalue weighted by Crippen LogP contribution is -2.12. The number of aliphatic imine (C=N–C) groups is 2. The molecule has 246 valence electrons. The summed E-state index contributed by atoms with van der Waals surface area (Å²) in [5.74, 6) is 0.567. The van der Waals surface area contributed by atoms with Crippen LogP contribution >= 0.6 is 0 Å². The van der Waals surface area contributed by atoms with Gasteiger partial charge in [-0.05, 0) is 84.5 Å². The van der Waals surface area contributed by atoms with Crippen molar-refractivity contribution >= 4 is 50.5 Å².